The highest BCUT2D eigenvalue weighted by atomic mass is 32.1. The lowest BCUT2D eigenvalue weighted by atomic mass is 10.4. The summed E-state index contributed by atoms with van der Waals surface area (Å²) in [6.45, 7) is 6.97. The third-order valence-corrected chi connectivity index (χ3v) is 4.23. The van der Waals surface area contributed by atoms with Gasteiger partial charge in [-0.3, -0.25) is 14.1 Å². The first-order valence-electron chi connectivity index (χ1n) is 6.76. The van der Waals surface area contributed by atoms with E-state index in [2.05, 4.69) is 15.2 Å². The summed E-state index contributed by atoms with van der Waals surface area (Å²) in [4.78, 5) is 20.7. The Hall–Kier alpha value is -1.44. The van der Waals surface area contributed by atoms with Gasteiger partial charge in [0.05, 0.1) is 13.2 Å². The number of hydrogen-bond donors (Lipinski definition) is 1. The molecule has 3 heterocycles. The number of hydrogen-bond acceptors (Lipinski definition) is 5. The lowest BCUT2D eigenvalue weighted by Crippen LogP contribution is -2.41. The van der Waals surface area contributed by atoms with Crippen molar-refractivity contribution in [3.63, 3.8) is 0 Å². The SMILES string of the molecule is Cc1cn2cc(C(=O)NCCN3CCOCC3)nc2s1. The highest BCUT2D eigenvalue weighted by Gasteiger charge is 2.13. The second-order valence-electron chi connectivity index (χ2n) is 4.87. The molecule has 0 atom stereocenters. The highest BCUT2D eigenvalue weighted by molar-refractivity contribution is 7.17. The minimum absolute atomic E-state index is 0.105. The molecule has 1 N–H and O–H groups in total. The molecule has 3 rings (SSSR count). The van der Waals surface area contributed by atoms with E-state index < -0.39 is 0 Å². The van der Waals surface area contributed by atoms with Crippen LogP contribution in [0.25, 0.3) is 4.96 Å². The number of morpholine rings is 1. The zero-order chi connectivity index (χ0) is 13.9. The second-order valence-corrected chi connectivity index (χ2v) is 6.08. The number of fused-ring (bicyclic) bond motifs is 1. The second kappa shape index (κ2) is 5.90. The third-order valence-electron chi connectivity index (χ3n) is 3.32. The summed E-state index contributed by atoms with van der Waals surface area (Å²) in [5, 5.41) is 2.92. The van der Waals surface area contributed by atoms with E-state index in [1.165, 1.54) is 4.88 Å². The summed E-state index contributed by atoms with van der Waals surface area (Å²) < 4.78 is 7.19. The van der Waals surface area contributed by atoms with Crippen LogP contribution in [0.4, 0.5) is 0 Å². The van der Waals surface area contributed by atoms with Crippen molar-refractivity contribution in [1.29, 1.82) is 0 Å². The number of nitrogens with one attached hydrogen (secondary N) is 1. The molecule has 7 heteroatoms. The van der Waals surface area contributed by atoms with Crippen LogP contribution in [0.5, 0.6) is 0 Å². The van der Waals surface area contributed by atoms with Crippen molar-refractivity contribution in [2.24, 2.45) is 0 Å². The molecule has 0 aliphatic carbocycles. The Bertz CT molecular complexity index is 569. The fraction of sp³-hybridized carbons (Fsp3) is 0.538. The van der Waals surface area contributed by atoms with Gasteiger partial charge in [-0.25, -0.2) is 4.98 Å². The van der Waals surface area contributed by atoms with Crippen LogP contribution in [0.2, 0.25) is 0 Å². The molecule has 20 heavy (non-hydrogen) atoms. The van der Waals surface area contributed by atoms with Gasteiger partial charge in [-0.15, -0.1) is 11.3 Å². The van der Waals surface area contributed by atoms with E-state index in [-0.39, 0.29) is 5.91 Å². The number of carbonyl (C=O) groups is 1. The lowest BCUT2D eigenvalue weighted by molar-refractivity contribution is 0.0383. The fourth-order valence-electron chi connectivity index (χ4n) is 2.26. The molecule has 0 radical (unpaired) electrons. The van der Waals surface area contributed by atoms with E-state index in [1.54, 1.807) is 17.5 Å². The smallest absolute Gasteiger partial charge is 0.271 e. The zero-order valence-corrected chi connectivity index (χ0v) is 12.3. The molecule has 6 nitrogen and oxygen atoms in total. The Kier molecular flexibility index (Phi) is 4.00. The molecule has 0 unspecified atom stereocenters. The number of aryl methyl sites for hydroxylation is 1. The number of nitrogens with zero attached hydrogens (tertiary/aromatic N) is 3. The number of thiazole rings is 1. The predicted octanol–water partition coefficient (Wildman–Crippen LogP) is 0.766. The summed E-state index contributed by atoms with van der Waals surface area (Å²) in [6, 6.07) is 0. The molecular weight excluding hydrogens is 276 g/mol. The summed E-state index contributed by atoms with van der Waals surface area (Å²) in [7, 11) is 0. The number of aromatic nitrogens is 2. The minimum atomic E-state index is -0.105. The summed E-state index contributed by atoms with van der Waals surface area (Å²) in [6.07, 6.45) is 3.76. The molecule has 0 bridgehead atoms. The van der Waals surface area contributed by atoms with Crippen molar-refractivity contribution < 1.29 is 9.53 Å². The summed E-state index contributed by atoms with van der Waals surface area (Å²) >= 11 is 1.59. The van der Waals surface area contributed by atoms with Crippen LogP contribution in [-0.2, 0) is 4.74 Å². The number of amides is 1. The Balaban J connectivity index is 1.51. The molecule has 0 saturated carbocycles. The van der Waals surface area contributed by atoms with E-state index in [9.17, 15) is 4.79 Å². The highest BCUT2D eigenvalue weighted by Crippen LogP contribution is 2.16. The molecule has 0 spiro atoms. The summed E-state index contributed by atoms with van der Waals surface area (Å²) in [5.74, 6) is -0.105. The fourth-order valence-corrected chi connectivity index (χ4v) is 3.07. The van der Waals surface area contributed by atoms with Crippen molar-refractivity contribution in [1.82, 2.24) is 19.6 Å². The molecule has 1 aliphatic rings. The molecule has 2 aromatic rings. The van der Waals surface area contributed by atoms with Crippen molar-refractivity contribution in [3.05, 3.63) is 23.0 Å². The van der Waals surface area contributed by atoms with Crippen molar-refractivity contribution in [3.8, 4) is 0 Å². The molecule has 0 aromatic carbocycles. The zero-order valence-electron chi connectivity index (χ0n) is 11.5. The Morgan fingerprint density at radius 1 is 1.45 bits per heavy atom. The van der Waals surface area contributed by atoms with Crippen molar-refractivity contribution >= 4 is 22.2 Å². The number of imidazole rings is 1. The van der Waals surface area contributed by atoms with E-state index in [4.69, 9.17) is 4.74 Å². The normalized spacial score (nSPS) is 16.6. The van der Waals surface area contributed by atoms with E-state index in [0.717, 1.165) is 37.8 Å². The maximum absolute atomic E-state index is 12.0. The molecule has 1 aliphatic heterocycles. The van der Waals surface area contributed by atoms with Gasteiger partial charge < -0.3 is 10.1 Å². The van der Waals surface area contributed by atoms with Crippen molar-refractivity contribution in [2.45, 2.75) is 6.92 Å². The quantitative estimate of drug-likeness (QED) is 0.905. The molecule has 1 fully saturated rings. The molecular formula is C13H18N4O2S. The van der Waals surface area contributed by atoms with E-state index >= 15 is 0 Å². The third kappa shape index (κ3) is 3.00. The van der Waals surface area contributed by atoms with Gasteiger partial charge in [0, 0.05) is 43.4 Å². The van der Waals surface area contributed by atoms with Gasteiger partial charge in [-0.05, 0) is 6.92 Å². The van der Waals surface area contributed by atoms with Crippen LogP contribution >= 0.6 is 11.3 Å². The maximum atomic E-state index is 12.0. The predicted molar refractivity (Wildman–Crippen MR) is 77.4 cm³/mol. The molecule has 1 amide bonds. The van der Waals surface area contributed by atoms with Gasteiger partial charge in [-0.1, -0.05) is 0 Å². The first kappa shape index (κ1) is 13.5. The van der Waals surface area contributed by atoms with Crippen LogP contribution in [0.1, 0.15) is 15.4 Å². The Morgan fingerprint density at radius 3 is 3.00 bits per heavy atom. The first-order valence-corrected chi connectivity index (χ1v) is 7.57. The molecule has 2 aromatic heterocycles. The van der Waals surface area contributed by atoms with Gasteiger partial charge in [0.1, 0.15) is 5.69 Å². The largest absolute Gasteiger partial charge is 0.379 e. The van der Waals surface area contributed by atoms with Crippen molar-refractivity contribution in [2.75, 3.05) is 39.4 Å². The first-order chi connectivity index (χ1) is 9.72. The van der Waals surface area contributed by atoms with Gasteiger partial charge in [0.25, 0.3) is 5.91 Å². The van der Waals surface area contributed by atoms with Crippen LogP contribution in [0.15, 0.2) is 12.4 Å². The topological polar surface area (TPSA) is 58.9 Å². The summed E-state index contributed by atoms with van der Waals surface area (Å²) in [5.41, 5.74) is 0.484. The number of ether oxygens (including phenoxy) is 1. The van der Waals surface area contributed by atoms with Gasteiger partial charge in [0.15, 0.2) is 4.96 Å². The number of carbonyl (C=O) groups excluding carboxylic acids is 1. The maximum Gasteiger partial charge on any atom is 0.271 e. The average Bonchev–Trinajstić information content (AvgIpc) is 2.97. The molecule has 108 valence electrons. The minimum Gasteiger partial charge on any atom is -0.379 e. The lowest BCUT2D eigenvalue weighted by Gasteiger charge is -2.26. The monoisotopic (exact) mass is 294 g/mol. The van der Waals surface area contributed by atoms with E-state index in [0.29, 0.717) is 12.2 Å². The van der Waals surface area contributed by atoms with E-state index in [1.807, 2.05) is 17.5 Å². The van der Waals surface area contributed by atoms with Gasteiger partial charge >= 0.3 is 0 Å². The van der Waals surface area contributed by atoms with Crippen LogP contribution in [0.3, 0.4) is 0 Å². The molecule has 1 saturated heterocycles. The van der Waals surface area contributed by atoms with Gasteiger partial charge in [-0.2, -0.15) is 0 Å². The number of rotatable bonds is 4. The Labute approximate surface area is 121 Å². The average molecular weight is 294 g/mol. The standard InChI is InChI=1S/C13H18N4O2S/c1-10-8-17-9-11(15-13(17)20-10)12(18)14-2-3-16-4-6-19-7-5-16/h8-9H,2-7H2,1H3,(H,14,18). The Morgan fingerprint density at radius 2 is 2.25 bits per heavy atom. The van der Waals surface area contributed by atoms with Crippen LogP contribution in [-0.4, -0.2) is 59.6 Å². The van der Waals surface area contributed by atoms with Crippen LogP contribution < -0.4 is 5.32 Å². The van der Waals surface area contributed by atoms with Crippen LogP contribution in [0, 0.1) is 6.92 Å². The van der Waals surface area contributed by atoms with Gasteiger partial charge in [0.2, 0.25) is 0 Å².